The van der Waals surface area contributed by atoms with Gasteiger partial charge in [0.2, 0.25) is 0 Å². The lowest BCUT2D eigenvalue weighted by Gasteiger charge is -2.09. The maximum atomic E-state index is 12.7. The number of benzene rings is 2. The molecule has 1 aliphatic rings. The standard InChI is InChI=1S/C20H13F3N4O2/c21-20(22,23)12-3-1-11(2-4-12)18(28)26-13-5-6-16-14(9-13)15(19(29)27-16)10-17-24-7-8-25-17/h1-10H,(H,24,25)(H,26,28)(H,27,29). The molecule has 0 unspecified atom stereocenters. The van der Waals surface area contributed by atoms with Crippen LogP contribution in [0.5, 0.6) is 0 Å². The molecule has 4 rings (SSSR count). The van der Waals surface area contributed by atoms with E-state index in [4.69, 9.17) is 0 Å². The highest BCUT2D eigenvalue weighted by Crippen LogP contribution is 2.35. The molecule has 0 spiro atoms. The normalized spacial score (nSPS) is 14.6. The minimum atomic E-state index is -4.47. The van der Waals surface area contributed by atoms with E-state index in [0.717, 1.165) is 24.3 Å². The average Bonchev–Trinajstić information content (AvgIpc) is 3.30. The molecule has 0 atom stereocenters. The third kappa shape index (κ3) is 3.75. The summed E-state index contributed by atoms with van der Waals surface area (Å²) in [5.74, 6) is -0.364. The molecule has 3 N–H and O–H groups in total. The monoisotopic (exact) mass is 398 g/mol. The molecule has 29 heavy (non-hydrogen) atoms. The quantitative estimate of drug-likeness (QED) is 0.579. The number of H-pyrrole nitrogens is 1. The van der Waals surface area contributed by atoms with Gasteiger partial charge < -0.3 is 15.6 Å². The summed E-state index contributed by atoms with van der Waals surface area (Å²) in [5.41, 5.74) is 1.19. The molecular weight excluding hydrogens is 385 g/mol. The van der Waals surface area contributed by atoms with Crippen LogP contribution in [0.2, 0.25) is 0 Å². The lowest BCUT2D eigenvalue weighted by Crippen LogP contribution is -2.13. The van der Waals surface area contributed by atoms with Crippen LogP contribution in [0.4, 0.5) is 24.5 Å². The Morgan fingerprint density at radius 1 is 1.10 bits per heavy atom. The Hall–Kier alpha value is -3.88. The van der Waals surface area contributed by atoms with E-state index in [1.165, 1.54) is 0 Å². The van der Waals surface area contributed by atoms with Crippen molar-refractivity contribution in [2.45, 2.75) is 6.18 Å². The largest absolute Gasteiger partial charge is 0.416 e. The summed E-state index contributed by atoms with van der Waals surface area (Å²) in [5, 5.41) is 5.35. The fraction of sp³-hybridized carbons (Fsp3) is 0.0500. The summed E-state index contributed by atoms with van der Waals surface area (Å²) in [6.07, 6.45) is 0.301. The van der Waals surface area contributed by atoms with E-state index < -0.39 is 17.6 Å². The summed E-state index contributed by atoms with van der Waals surface area (Å²) in [6.45, 7) is 0. The molecule has 2 aromatic carbocycles. The zero-order valence-electron chi connectivity index (χ0n) is 14.7. The Labute approximate surface area is 162 Å². The number of hydrogen-bond acceptors (Lipinski definition) is 3. The highest BCUT2D eigenvalue weighted by Gasteiger charge is 2.30. The van der Waals surface area contributed by atoms with Crippen molar-refractivity contribution in [3.63, 3.8) is 0 Å². The SMILES string of the molecule is O=C1Nc2ccc(NC(=O)c3ccc(C(F)(F)F)cc3)cc2C1=Cc1ncc[nH]1. The van der Waals surface area contributed by atoms with Gasteiger partial charge in [-0.3, -0.25) is 9.59 Å². The summed E-state index contributed by atoms with van der Waals surface area (Å²) in [4.78, 5) is 31.5. The van der Waals surface area contributed by atoms with Gasteiger partial charge in [0.25, 0.3) is 11.8 Å². The minimum absolute atomic E-state index is 0.0825. The van der Waals surface area contributed by atoms with E-state index in [9.17, 15) is 22.8 Å². The second kappa shape index (κ2) is 6.93. The minimum Gasteiger partial charge on any atom is -0.345 e. The van der Waals surface area contributed by atoms with Crippen molar-refractivity contribution in [2.24, 2.45) is 0 Å². The fourth-order valence-electron chi connectivity index (χ4n) is 2.92. The van der Waals surface area contributed by atoms with Gasteiger partial charge in [-0.2, -0.15) is 13.2 Å². The van der Waals surface area contributed by atoms with Crippen LogP contribution in [0.3, 0.4) is 0 Å². The van der Waals surface area contributed by atoms with Gasteiger partial charge >= 0.3 is 6.18 Å². The Morgan fingerprint density at radius 3 is 2.52 bits per heavy atom. The van der Waals surface area contributed by atoms with Gasteiger partial charge in [-0.05, 0) is 48.5 Å². The van der Waals surface area contributed by atoms with Crippen molar-refractivity contribution in [3.8, 4) is 0 Å². The van der Waals surface area contributed by atoms with E-state index in [0.29, 0.717) is 28.3 Å². The van der Waals surface area contributed by atoms with Crippen LogP contribution in [0.1, 0.15) is 27.3 Å². The number of halogens is 3. The second-order valence-corrected chi connectivity index (χ2v) is 6.28. The molecule has 146 valence electrons. The van der Waals surface area contributed by atoms with Crippen LogP contribution < -0.4 is 10.6 Å². The zero-order chi connectivity index (χ0) is 20.6. The zero-order valence-corrected chi connectivity index (χ0v) is 14.7. The Kier molecular flexibility index (Phi) is 4.42. The smallest absolute Gasteiger partial charge is 0.345 e. The lowest BCUT2D eigenvalue weighted by atomic mass is 10.1. The molecule has 0 bridgehead atoms. The maximum Gasteiger partial charge on any atom is 0.416 e. The first-order valence-corrected chi connectivity index (χ1v) is 8.47. The van der Waals surface area contributed by atoms with Crippen LogP contribution in [0.15, 0.2) is 54.9 Å². The number of anilines is 2. The van der Waals surface area contributed by atoms with Gasteiger partial charge in [-0.15, -0.1) is 0 Å². The van der Waals surface area contributed by atoms with Crippen LogP contribution in [-0.4, -0.2) is 21.8 Å². The van der Waals surface area contributed by atoms with Crippen molar-refractivity contribution in [3.05, 3.63) is 77.4 Å². The number of nitrogens with one attached hydrogen (secondary N) is 3. The topological polar surface area (TPSA) is 86.9 Å². The molecule has 0 saturated heterocycles. The van der Waals surface area contributed by atoms with Crippen molar-refractivity contribution in [1.82, 2.24) is 9.97 Å². The number of carbonyl (C=O) groups is 2. The highest BCUT2D eigenvalue weighted by molar-refractivity contribution is 6.35. The first-order chi connectivity index (χ1) is 13.8. The number of imidazole rings is 1. The summed E-state index contributed by atoms with van der Waals surface area (Å²) < 4.78 is 38.0. The maximum absolute atomic E-state index is 12.7. The van der Waals surface area contributed by atoms with Gasteiger partial charge in [-0.1, -0.05) is 0 Å². The molecule has 0 radical (unpaired) electrons. The molecule has 2 amide bonds. The van der Waals surface area contributed by atoms with E-state index in [2.05, 4.69) is 20.6 Å². The van der Waals surface area contributed by atoms with E-state index in [1.807, 2.05) is 0 Å². The molecular formula is C20H13F3N4O2. The van der Waals surface area contributed by atoms with Crippen molar-refractivity contribution in [1.29, 1.82) is 0 Å². The summed E-state index contributed by atoms with van der Waals surface area (Å²) in [6, 6.07) is 8.77. The average molecular weight is 398 g/mol. The van der Waals surface area contributed by atoms with Gasteiger partial charge in [0.15, 0.2) is 0 Å². The number of nitrogens with zero attached hydrogens (tertiary/aromatic N) is 1. The Balaban J connectivity index is 1.57. The van der Waals surface area contributed by atoms with Gasteiger partial charge in [0.1, 0.15) is 5.82 Å². The van der Waals surface area contributed by atoms with Crippen LogP contribution >= 0.6 is 0 Å². The third-order valence-electron chi connectivity index (χ3n) is 4.34. The fourth-order valence-corrected chi connectivity index (χ4v) is 2.92. The number of rotatable bonds is 3. The van der Waals surface area contributed by atoms with Gasteiger partial charge in [0, 0.05) is 34.9 Å². The second-order valence-electron chi connectivity index (χ2n) is 6.28. The molecule has 0 aliphatic carbocycles. The summed E-state index contributed by atoms with van der Waals surface area (Å²) in [7, 11) is 0. The van der Waals surface area contributed by atoms with Gasteiger partial charge in [0.05, 0.1) is 11.1 Å². The molecule has 6 nitrogen and oxygen atoms in total. The predicted molar refractivity (Wildman–Crippen MR) is 101 cm³/mol. The van der Waals surface area contributed by atoms with Gasteiger partial charge in [-0.25, -0.2) is 4.98 Å². The molecule has 9 heteroatoms. The van der Waals surface area contributed by atoms with E-state index >= 15 is 0 Å². The number of aromatic nitrogens is 2. The highest BCUT2D eigenvalue weighted by atomic mass is 19.4. The number of carbonyl (C=O) groups excluding carboxylic acids is 2. The number of alkyl halides is 3. The number of amides is 2. The van der Waals surface area contributed by atoms with Crippen LogP contribution in [0, 0.1) is 0 Å². The molecule has 2 heterocycles. The number of aromatic amines is 1. The summed E-state index contributed by atoms with van der Waals surface area (Å²) >= 11 is 0. The number of hydrogen-bond donors (Lipinski definition) is 3. The Morgan fingerprint density at radius 2 is 1.86 bits per heavy atom. The predicted octanol–water partition coefficient (Wildman–Crippen LogP) is 4.17. The first kappa shape index (κ1) is 18.5. The molecule has 1 aromatic heterocycles. The van der Waals surface area contributed by atoms with E-state index in [-0.39, 0.29) is 11.5 Å². The number of fused-ring (bicyclic) bond motifs is 1. The van der Waals surface area contributed by atoms with E-state index in [1.54, 1.807) is 36.7 Å². The first-order valence-electron chi connectivity index (χ1n) is 8.47. The van der Waals surface area contributed by atoms with Crippen molar-refractivity contribution >= 4 is 34.8 Å². The lowest BCUT2D eigenvalue weighted by molar-refractivity contribution is -0.137. The third-order valence-corrected chi connectivity index (χ3v) is 4.34. The molecule has 0 saturated carbocycles. The molecule has 3 aromatic rings. The van der Waals surface area contributed by atoms with Crippen LogP contribution in [-0.2, 0) is 11.0 Å². The Bertz CT molecular complexity index is 1120. The molecule has 1 aliphatic heterocycles. The molecule has 0 fully saturated rings. The van der Waals surface area contributed by atoms with Crippen molar-refractivity contribution in [2.75, 3.05) is 10.6 Å². The van der Waals surface area contributed by atoms with Crippen LogP contribution in [0.25, 0.3) is 11.6 Å². The van der Waals surface area contributed by atoms with Crippen molar-refractivity contribution < 1.29 is 22.8 Å².